The molecule has 5 N–H and O–H groups in total. The number of aldehydes is 1. The molecule has 11 heavy (non-hydrogen) atoms. The van der Waals surface area contributed by atoms with Crippen LogP contribution in [0.25, 0.3) is 0 Å². The van der Waals surface area contributed by atoms with Crippen molar-refractivity contribution in [3.8, 4) is 0 Å². The maximum absolute atomic E-state index is 10.4. The van der Waals surface area contributed by atoms with E-state index in [-0.39, 0.29) is 6.29 Å². The number of carbonyl (C=O) groups excluding carboxylic acids is 2. The van der Waals surface area contributed by atoms with Gasteiger partial charge in [0.05, 0.1) is 0 Å². The number of hydrogen-bond acceptors (Lipinski definition) is 4. The highest BCUT2D eigenvalue weighted by molar-refractivity contribution is 6.07. The summed E-state index contributed by atoms with van der Waals surface area (Å²) in [4.78, 5) is 30.6. The van der Waals surface area contributed by atoms with Crippen LogP contribution in [-0.2, 0) is 14.4 Å². The lowest BCUT2D eigenvalue weighted by molar-refractivity contribution is -0.149. The van der Waals surface area contributed by atoms with E-state index in [1.54, 1.807) is 0 Å². The molecule has 0 fully saturated rings. The summed E-state index contributed by atoms with van der Waals surface area (Å²) in [6, 6.07) is 0. The van der Waals surface area contributed by atoms with E-state index in [1.165, 1.54) is 0 Å². The average molecular weight is 160 g/mol. The summed E-state index contributed by atoms with van der Waals surface area (Å²) in [6.07, 6.45) is -0.378. The second-order valence-electron chi connectivity index (χ2n) is 2.01. The molecule has 0 heterocycles. The van der Waals surface area contributed by atoms with Gasteiger partial charge in [0.2, 0.25) is 5.91 Å². The molecule has 0 radical (unpaired) electrons. The highest BCUT2D eigenvalue weighted by Gasteiger charge is 2.40. The molecule has 6 heteroatoms. The number of rotatable bonds is 4. The van der Waals surface area contributed by atoms with Gasteiger partial charge in [0.25, 0.3) is 0 Å². The van der Waals surface area contributed by atoms with Crippen molar-refractivity contribution in [1.29, 1.82) is 0 Å². The molecule has 0 aliphatic carbocycles. The van der Waals surface area contributed by atoms with Crippen LogP contribution in [0.15, 0.2) is 0 Å². The van der Waals surface area contributed by atoms with Crippen LogP contribution in [0.3, 0.4) is 0 Å². The van der Waals surface area contributed by atoms with Crippen LogP contribution >= 0.6 is 0 Å². The second-order valence-corrected chi connectivity index (χ2v) is 2.01. The van der Waals surface area contributed by atoms with E-state index < -0.39 is 23.8 Å². The second kappa shape index (κ2) is 3.11. The van der Waals surface area contributed by atoms with Crippen molar-refractivity contribution in [1.82, 2.24) is 0 Å². The molecule has 0 aliphatic rings. The SMILES string of the molecule is NC(=O)C(N)(CC=O)C(=O)O. The molecule has 1 atom stereocenters. The Morgan fingerprint density at radius 1 is 1.55 bits per heavy atom. The third-order valence-corrected chi connectivity index (χ3v) is 1.23. The van der Waals surface area contributed by atoms with E-state index in [0.29, 0.717) is 0 Å². The summed E-state index contributed by atoms with van der Waals surface area (Å²) >= 11 is 0. The van der Waals surface area contributed by atoms with Crippen LogP contribution in [0.2, 0.25) is 0 Å². The Balaban J connectivity index is 4.65. The van der Waals surface area contributed by atoms with Crippen molar-refractivity contribution >= 4 is 18.2 Å². The molecule has 0 spiro atoms. The summed E-state index contributed by atoms with van der Waals surface area (Å²) in [5, 5.41) is 8.35. The molecule has 0 aliphatic heterocycles. The van der Waals surface area contributed by atoms with Crippen molar-refractivity contribution in [3.05, 3.63) is 0 Å². The number of aliphatic carboxylic acids is 1. The molecule has 0 saturated carbocycles. The number of carboxylic acid groups (broad SMARTS) is 1. The van der Waals surface area contributed by atoms with Crippen molar-refractivity contribution in [2.75, 3.05) is 0 Å². The zero-order valence-electron chi connectivity index (χ0n) is 5.61. The number of hydrogen-bond donors (Lipinski definition) is 3. The van der Waals surface area contributed by atoms with Gasteiger partial charge in [0.15, 0.2) is 5.54 Å². The van der Waals surface area contributed by atoms with Crippen molar-refractivity contribution in [3.63, 3.8) is 0 Å². The molecule has 0 rings (SSSR count). The van der Waals surface area contributed by atoms with E-state index in [1.807, 2.05) is 0 Å². The van der Waals surface area contributed by atoms with E-state index >= 15 is 0 Å². The smallest absolute Gasteiger partial charge is 0.333 e. The summed E-state index contributed by atoms with van der Waals surface area (Å²) in [5.41, 5.74) is 7.38. The molecule has 62 valence electrons. The van der Waals surface area contributed by atoms with Crippen molar-refractivity contribution < 1.29 is 19.5 Å². The lowest BCUT2D eigenvalue weighted by Gasteiger charge is -2.16. The van der Waals surface area contributed by atoms with Gasteiger partial charge in [0, 0.05) is 6.42 Å². The highest BCUT2D eigenvalue weighted by Crippen LogP contribution is 2.03. The normalized spacial score (nSPS) is 15.0. The Hall–Kier alpha value is -1.43. The first kappa shape index (κ1) is 9.57. The molecule has 0 bridgehead atoms. The lowest BCUT2D eigenvalue weighted by Crippen LogP contribution is -2.58. The number of primary amides is 1. The van der Waals surface area contributed by atoms with Gasteiger partial charge in [-0.1, -0.05) is 0 Å². The summed E-state index contributed by atoms with van der Waals surface area (Å²) in [6.45, 7) is 0. The fourth-order valence-electron chi connectivity index (χ4n) is 0.425. The minimum atomic E-state index is -2.26. The zero-order valence-corrected chi connectivity index (χ0v) is 5.61. The maximum atomic E-state index is 10.4. The van der Waals surface area contributed by atoms with Gasteiger partial charge >= 0.3 is 5.97 Å². The van der Waals surface area contributed by atoms with E-state index in [9.17, 15) is 14.4 Å². The fraction of sp³-hybridized carbons (Fsp3) is 0.400. The standard InChI is InChI=1S/C5H8N2O4/c6-3(9)5(7,1-2-8)4(10)11/h2H,1,7H2,(H2,6,9)(H,10,11). The minimum Gasteiger partial charge on any atom is -0.479 e. The monoisotopic (exact) mass is 160 g/mol. The summed E-state index contributed by atoms with van der Waals surface area (Å²) in [7, 11) is 0. The fourth-order valence-corrected chi connectivity index (χ4v) is 0.425. The first-order chi connectivity index (χ1) is 4.95. The van der Waals surface area contributed by atoms with Crippen LogP contribution in [0, 0.1) is 0 Å². The summed E-state index contributed by atoms with van der Waals surface area (Å²) < 4.78 is 0. The molecular formula is C5H8N2O4. The van der Waals surface area contributed by atoms with Gasteiger partial charge in [-0.05, 0) is 0 Å². The molecule has 0 aromatic rings. The van der Waals surface area contributed by atoms with Gasteiger partial charge < -0.3 is 21.4 Å². The molecule has 0 saturated heterocycles. The first-order valence-electron chi connectivity index (χ1n) is 2.71. The quantitative estimate of drug-likeness (QED) is 0.319. The molecule has 1 amide bonds. The number of amides is 1. The Bertz CT molecular complexity index is 187. The van der Waals surface area contributed by atoms with Crippen molar-refractivity contribution in [2.24, 2.45) is 11.5 Å². The van der Waals surface area contributed by atoms with Gasteiger partial charge in [0.1, 0.15) is 6.29 Å². The molecular weight excluding hydrogens is 152 g/mol. The molecule has 1 unspecified atom stereocenters. The Labute approximate surface area is 62.2 Å². The van der Waals surface area contributed by atoms with Crippen LogP contribution < -0.4 is 11.5 Å². The number of carboxylic acids is 1. The first-order valence-corrected chi connectivity index (χ1v) is 2.71. The largest absolute Gasteiger partial charge is 0.479 e. The zero-order chi connectivity index (χ0) is 9.07. The summed E-state index contributed by atoms with van der Waals surface area (Å²) in [5.74, 6) is -2.82. The van der Waals surface area contributed by atoms with E-state index in [2.05, 4.69) is 5.73 Å². The Morgan fingerprint density at radius 2 is 2.00 bits per heavy atom. The third-order valence-electron chi connectivity index (χ3n) is 1.23. The predicted molar refractivity (Wildman–Crippen MR) is 34.4 cm³/mol. The predicted octanol–water partition coefficient (Wildman–Crippen LogP) is -2.16. The molecule has 0 aromatic carbocycles. The van der Waals surface area contributed by atoms with Crippen LogP contribution in [-0.4, -0.2) is 28.8 Å². The minimum absolute atomic E-state index is 0.235. The average Bonchev–Trinajstić information content (AvgIpc) is 1.87. The number of carbonyl (C=O) groups is 3. The molecule has 0 aromatic heterocycles. The van der Waals surface area contributed by atoms with Crippen LogP contribution in [0.5, 0.6) is 0 Å². The van der Waals surface area contributed by atoms with Gasteiger partial charge in [-0.2, -0.15) is 0 Å². The van der Waals surface area contributed by atoms with Crippen LogP contribution in [0.1, 0.15) is 6.42 Å². The van der Waals surface area contributed by atoms with Crippen molar-refractivity contribution in [2.45, 2.75) is 12.0 Å². The van der Waals surface area contributed by atoms with Gasteiger partial charge in [-0.15, -0.1) is 0 Å². The van der Waals surface area contributed by atoms with Crippen LogP contribution in [0.4, 0.5) is 0 Å². The maximum Gasteiger partial charge on any atom is 0.333 e. The molecule has 6 nitrogen and oxygen atoms in total. The van der Waals surface area contributed by atoms with E-state index in [0.717, 1.165) is 0 Å². The third kappa shape index (κ3) is 1.74. The topological polar surface area (TPSA) is 123 Å². The Morgan fingerprint density at radius 3 is 2.09 bits per heavy atom. The Kier molecular flexibility index (Phi) is 2.70. The van der Waals surface area contributed by atoms with E-state index in [4.69, 9.17) is 10.8 Å². The van der Waals surface area contributed by atoms with Gasteiger partial charge in [-0.3, -0.25) is 4.79 Å². The lowest BCUT2D eigenvalue weighted by atomic mass is 9.97. The number of nitrogens with two attached hydrogens (primary N) is 2. The highest BCUT2D eigenvalue weighted by atomic mass is 16.4. The van der Waals surface area contributed by atoms with Gasteiger partial charge in [-0.25, -0.2) is 4.79 Å².